The maximum Gasteiger partial charge on any atom is 0.195 e. The van der Waals surface area contributed by atoms with Gasteiger partial charge >= 0.3 is 0 Å². The van der Waals surface area contributed by atoms with Crippen molar-refractivity contribution in [2.45, 2.75) is 44.7 Å². The number of hydrogen-bond donors (Lipinski definition) is 1. The van der Waals surface area contributed by atoms with Crippen LogP contribution >= 0.6 is 11.3 Å². The number of hydrogen-bond acceptors (Lipinski definition) is 4. The van der Waals surface area contributed by atoms with E-state index in [0.717, 1.165) is 23.5 Å². The van der Waals surface area contributed by atoms with E-state index in [1.165, 1.54) is 50.2 Å². The molecule has 2 fully saturated rings. The van der Waals surface area contributed by atoms with Crippen molar-refractivity contribution in [3.05, 3.63) is 17.3 Å². The van der Waals surface area contributed by atoms with Gasteiger partial charge in [-0.15, -0.1) is 11.3 Å². The summed E-state index contributed by atoms with van der Waals surface area (Å²) >= 11 is 1.73. The third-order valence-electron chi connectivity index (χ3n) is 4.95. The molecule has 1 aliphatic heterocycles. The van der Waals surface area contributed by atoms with E-state index < -0.39 is 0 Å². The Bertz CT molecular complexity index is 602. The van der Waals surface area contributed by atoms with Crippen molar-refractivity contribution in [3.8, 4) is 0 Å². The van der Waals surface area contributed by atoms with Crippen molar-refractivity contribution in [1.29, 1.82) is 0 Å². The Morgan fingerprint density at radius 2 is 2.25 bits per heavy atom. The van der Waals surface area contributed by atoms with Crippen LogP contribution in [-0.4, -0.2) is 29.0 Å². The monoisotopic (exact) mass is 290 g/mol. The van der Waals surface area contributed by atoms with Gasteiger partial charge in [-0.25, -0.2) is 4.98 Å². The molecule has 4 rings (SSSR count). The standard InChI is InChI=1S/C15H22N4S/c1-16-10-13-14(17-15-19(13)8-9-20-15)18-7-3-5-11-4-2-6-12(11)18/h8-9,11-12,16H,2-7,10H2,1H3. The van der Waals surface area contributed by atoms with Crippen LogP contribution in [0.15, 0.2) is 11.6 Å². The third-order valence-corrected chi connectivity index (χ3v) is 5.71. The summed E-state index contributed by atoms with van der Waals surface area (Å²) in [7, 11) is 2.02. The van der Waals surface area contributed by atoms with Crippen molar-refractivity contribution in [3.63, 3.8) is 0 Å². The third kappa shape index (κ3) is 1.87. The second-order valence-corrected chi connectivity index (χ2v) is 6.93. The Labute approximate surface area is 123 Å². The smallest absolute Gasteiger partial charge is 0.195 e. The fourth-order valence-electron chi connectivity index (χ4n) is 4.10. The number of thiazole rings is 1. The number of nitrogens with zero attached hydrogens (tertiary/aromatic N) is 3. The van der Waals surface area contributed by atoms with Gasteiger partial charge in [0.15, 0.2) is 10.8 Å². The van der Waals surface area contributed by atoms with Crippen LogP contribution in [0, 0.1) is 5.92 Å². The normalized spacial score (nSPS) is 26.4. The highest BCUT2D eigenvalue weighted by atomic mass is 32.1. The van der Waals surface area contributed by atoms with Gasteiger partial charge in [-0.2, -0.15) is 0 Å². The van der Waals surface area contributed by atoms with Gasteiger partial charge in [-0.3, -0.25) is 4.40 Å². The number of fused-ring (bicyclic) bond motifs is 2. The molecule has 1 saturated heterocycles. The van der Waals surface area contributed by atoms with Gasteiger partial charge in [-0.1, -0.05) is 6.42 Å². The molecule has 0 amide bonds. The number of piperidine rings is 1. The summed E-state index contributed by atoms with van der Waals surface area (Å²) in [6, 6.07) is 0.740. The summed E-state index contributed by atoms with van der Waals surface area (Å²) in [5.41, 5.74) is 1.33. The molecular formula is C15H22N4S. The molecule has 4 nitrogen and oxygen atoms in total. The van der Waals surface area contributed by atoms with Crippen LogP contribution < -0.4 is 10.2 Å². The van der Waals surface area contributed by atoms with E-state index >= 15 is 0 Å². The lowest BCUT2D eigenvalue weighted by Gasteiger charge is -2.38. The molecule has 2 aliphatic rings. The molecular weight excluding hydrogens is 268 g/mol. The summed E-state index contributed by atoms with van der Waals surface area (Å²) in [6.45, 7) is 2.07. The van der Waals surface area contributed by atoms with E-state index in [2.05, 4.69) is 26.2 Å². The van der Waals surface area contributed by atoms with Gasteiger partial charge in [0.1, 0.15) is 0 Å². The van der Waals surface area contributed by atoms with Gasteiger partial charge in [0.05, 0.1) is 5.69 Å². The van der Waals surface area contributed by atoms with Crippen LogP contribution in [0.4, 0.5) is 5.82 Å². The second kappa shape index (κ2) is 5.04. The Balaban J connectivity index is 1.76. The van der Waals surface area contributed by atoms with E-state index in [1.54, 1.807) is 11.3 Å². The summed E-state index contributed by atoms with van der Waals surface area (Å²) < 4.78 is 2.26. The Morgan fingerprint density at radius 1 is 1.35 bits per heavy atom. The van der Waals surface area contributed by atoms with Crippen molar-refractivity contribution >= 4 is 22.1 Å². The molecule has 5 heteroatoms. The molecule has 1 saturated carbocycles. The maximum absolute atomic E-state index is 4.94. The minimum absolute atomic E-state index is 0.740. The quantitative estimate of drug-likeness (QED) is 0.943. The highest BCUT2D eigenvalue weighted by Gasteiger charge is 2.37. The van der Waals surface area contributed by atoms with E-state index in [0.29, 0.717) is 0 Å². The zero-order valence-corrected chi connectivity index (χ0v) is 12.8. The van der Waals surface area contributed by atoms with Crippen LogP contribution in [0.2, 0.25) is 0 Å². The van der Waals surface area contributed by atoms with Crippen LogP contribution in [0.1, 0.15) is 37.8 Å². The lowest BCUT2D eigenvalue weighted by molar-refractivity contribution is 0.360. The average molecular weight is 290 g/mol. The zero-order chi connectivity index (χ0) is 13.5. The lowest BCUT2D eigenvalue weighted by atomic mass is 9.92. The zero-order valence-electron chi connectivity index (χ0n) is 12.0. The predicted molar refractivity (Wildman–Crippen MR) is 83.5 cm³/mol. The molecule has 1 N–H and O–H groups in total. The van der Waals surface area contributed by atoms with Gasteiger partial charge in [0.2, 0.25) is 0 Å². The summed E-state index contributed by atoms with van der Waals surface area (Å²) in [5, 5.41) is 5.43. The molecule has 0 radical (unpaired) electrons. The van der Waals surface area contributed by atoms with Crippen molar-refractivity contribution in [1.82, 2.24) is 14.7 Å². The molecule has 2 unspecified atom stereocenters. The van der Waals surface area contributed by atoms with E-state index in [-0.39, 0.29) is 0 Å². The minimum atomic E-state index is 0.740. The van der Waals surface area contributed by atoms with Gasteiger partial charge in [0, 0.05) is 30.7 Å². The first-order valence-corrected chi connectivity index (χ1v) is 8.62. The highest BCUT2D eigenvalue weighted by Crippen LogP contribution is 2.40. The predicted octanol–water partition coefficient (Wildman–Crippen LogP) is 2.88. The average Bonchev–Trinajstić information content (AvgIpc) is 3.14. The van der Waals surface area contributed by atoms with Crippen LogP contribution in [0.5, 0.6) is 0 Å². The molecule has 2 atom stereocenters. The SMILES string of the molecule is CNCc1c(N2CCCC3CCCC32)nc2sccn12. The van der Waals surface area contributed by atoms with Crippen molar-refractivity contribution < 1.29 is 0 Å². The molecule has 3 heterocycles. The van der Waals surface area contributed by atoms with Crippen LogP contribution in [-0.2, 0) is 6.54 Å². The lowest BCUT2D eigenvalue weighted by Crippen LogP contribution is -2.43. The number of imidazole rings is 1. The first-order valence-electron chi connectivity index (χ1n) is 7.74. The first-order chi connectivity index (χ1) is 9.88. The number of anilines is 1. The summed E-state index contributed by atoms with van der Waals surface area (Å²) in [4.78, 5) is 8.69. The molecule has 0 bridgehead atoms. The van der Waals surface area contributed by atoms with Crippen LogP contribution in [0.3, 0.4) is 0 Å². The van der Waals surface area contributed by atoms with E-state index in [1.807, 2.05) is 7.05 Å². The van der Waals surface area contributed by atoms with Gasteiger partial charge in [0.25, 0.3) is 0 Å². The topological polar surface area (TPSA) is 32.6 Å². The fraction of sp³-hybridized carbons (Fsp3) is 0.667. The largest absolute Gasteiger partial charge is 0.352 e. The Morgan fingerprint density at radius 3 is 3.15 bits per heavy atom. The van der Waals surface area contributed by atoms with Crippen LogP contribution in [0.25, 0.3) is 4.96 Å². The Hall–Kier alpha value is -1.07. The van der Waals surface area contributed by atoms with Crippen molar-refractivity contribution in [2.75, 3.05) is 18.5 Å². The minimum Gasteiger partial charge on any atom is -0.352 e. The number of nitrogens with one attached hydrogen (secondary N) is 1. The number of rotatable bonds is 3. The maximum atomic E-state index is 4.94. The molecule has 0 aromatic carbocycles. The van der Waals surface area contributed by atoms with Gasteiger partial charge < -0.3 is 10.2 Å². The van der Waals surface area contributed by atoms with E-state index in [9.17, 15) is 0 Å². The Kier molecular flexibility index (Phi) is 3.19. The van der Waals surface area contributed by atoms with Gasteiger partial charge in [-0.05, 0) is 38.6 Å². The highest BCUT2D eigenvalue weighted by molar-refractivity contribution is 7.15. The molecule has 2 aromatic heterocycles. The van der Waals surface area contributed by atoms with E-state index in [4.69, 9.17) is 4.98 Å². The van der Waals surface area contributed by atoms with Crippen molar-refractivity contribution in [2.24, 2.45) is 5.92 Å². The second-order valence-electron chi connectivity index (χ2n) is 6.06. The molecule has 1 aliphatic carbocycles. The molecule has 2 aromatic rings. The summed E-state index contributed by atoms with van der Waals surface area (Å²) in [5.74, 6) is 2.15. The molecule has 0 spiro atoms. The molecule has 20 heavy (non-hydrogen) atoms. The number of aromatic nitrogens is 2. The first kappa shape index (κ1) is 12.7. The summed E-state index contributed by atoms with van der Waals surface area (Å²) in [6.07, 6.45) is 9.07. The molecule has 108 valence electrons. The fourth-order valence-corrected chi connectivity index (χ4v) is 4.83.